The Bertz CT molecular complexity index is 1250. The maximum atomic E-state index is 12.8. The zero-order valence-electron chi connectivity index (χ0n) is 21.6. The Labute approximate surface area is 202 Å². The molecule has 3 aromatic rings. The van der Waals surface area contributed by atoms with Gasteiger partial charge < -0.3 is 18.9 Å². The van der Waals surface area contributed by atoms with Gasteiger partial charge in [0.05, 0.1) is 5.39 Å². The second kappa shape index (κ2) is 9.45. The molecule has 0 aliphatic heterocycles. The van der Waals surface area contributed by atoms with Crippen molar-refractivity contribution in [1.82, 2.24) is 5.32 Å². The van der Waals surface area contributed by atoms with Crippen LogP contribution in [0.3, 0.4) is 0 Å². The van der Waals surface area contributed by atoms with Crippen molar-refractivity contribution in [1.29, 1.82) is 0 Å². The van der Waals surface area contributed by atoms with Crippen molar-refractivity contribution in [2.45, 2.75) is 78.1 Å². The summed E-state index contributed by atoms with van der Waals surface area (Å²) in [5.74, 6) is 0.732. The maximum absolute atomic E-state index is 12.8. The molecule has 6 nitrogen and oxygen atoms in total. The number of carbonyl (C=O) groups excluding carboxylic acids is 1. The van der Waals surface area contributed by atoms with Gasteiger partial charge in [0, 0.05) is 18.0 Å². The third-order valence-electron chi connectivity index (χ3n) is 6.24. The lowest BCUT2D eigenvalue weighted by molar-refractivity contribution is 0.0527. The Hall–Kier alpha value is -2.80. The van der Waals surface area contributed by atoms with Gasteiger partial charge in [-0.1, -0.05) is 32.9 Å². The molecule has 0 aliphatic carbocycles. The minimum atomic E-state index is -2.00. The van der Waals surface area contributed by atoms with E-state index in [-0.39, 0.29) is 10.7 Å². The van der Waals surface area contributed by atoms with Crippen molar-refractivity contribution in [2.24, 2.45) is 0 Å². The molecule has 1 N–H and O–H groups in total. The van der Waals surface area contributed by atoms with Gasteiger partial charge >= 0.3 is 11.7 Å². The van der Waals surface area contributed by atoms with E-state index >= 15 is 0 Å². The summed E-state index contributed by atoms with van der Waals surface area (Å²) in [5, 5.41) is 5.14. The van der Waals surface area contributed by atoms with Crippen LogP contribution in [-0.2, 0) is 11.2 Å². The highest BCUT2D eigenvalue weighted by Gasteiger charge is 2.39. The summed E-state index contributed by atoms with van der Waals surface area (Å²) in [5.41, 5.74) is 0.670. The van der Waals surface area contributed by atoms with E-state index < -0.39 is 20.0 Å². The summed E-state index contributed by atoms with van der Waals surface area (Å²) in [6, 6.07) is 11.6. The average Bonchev–Trinajstić information content (AvgIpc) is 2.69. The van der Waals surface area contributed by atoms with Crippen molar-refractivity contribution in [3.05, 3.63) is 52.4 Å². The number of rotatable bonds is 6. The number of hydrogen-bond acceptors (Lipinski definition) is 5. The van der Waals surface area contributed by atoms with E-state index in [0.29, 0.717) is 17.5 Å². The molecule has 1 aromatic heterocycles. The first-order chi connectivity index (χ1) is 15.7. The number of carbonyl (C=O) groups is 1. The standard InChI is InChI=1S/C27H37NO5Si/c1-26(2,3)32-25(30)28-15-9-10-18-11-13-20-21-14-12-19(33-34(7,8)27(4,5)6)17-23(21)31-24(29)22(20)16-18/h11-14,16-17H,9-10,15H2,1-8H3,(H,28,30). The number of aryl methyl sites for hydroxylation is 1. The summed E-state index contributed by atoms with van der Waals surface area (Å²) in [4.78, 5) is 24.6. The minimum Gasteiger partial charge on any atom is -0.543 e. The first-order valence-corrected chi connectivity index (χ1v) is 14.7. The lowest BCUT2D eigenvalue weighted by atomic mass is 10.0. The highest BCUT2D eigenvalue weighted by molar-refractivity contribution is 6.74. The number of fused-ring (bicyclic) bond motifs is 3. The van der Waals surface area contributed by atoms with Crippen LogP contribution in [0.5, 0.6) is 5.75 Å². The van der Waals surface area contributed by atoms with Crippen LogP contribution < -0.4 is 15.4 Å². The fraction of sp³-hybridized carbons (Fsp3) is 0.481. The summed E-state index contributed by atoms with van der Waals surface area (Å²) in [7, 11) is -2.00. The van der Waals surface area contributed by atoms with Crippen molar-refractivity contribution >= 4 is 36.2 Å². The van der Waals surface area contributed by atoms with Gasteiger partial charge in [-0.15, -0.1) is 0 Å². The molecule has 0 atom stereocenters. The molecule has 7 heteroatoms. The third kappa shape index (κ3) is 6.20. The summed E-state index contributed by atoms with van der Waals surface area (Å²) in [6.45, 7) is 17.0. The fourth-order valence-corrected chi connectivity index (χ4v) is 4.45. The van der Waals surface area contributed by atoms with Gasteiger partial charge in [-0.3, -0.25) is 0 Å². The molecule has 0 fully saturated rings. The fourth-order valence-electron chi connectivity index (χ4n) is 3.42. The van der Waals surface area contributed by atoms with Crippen LogP contribution in [-0.4, -0.2) is 26.6 Å². The van der Waals surface area contributed by atoms with Crippen LogP contribution in [0.4, 0.5) is 4.79 Å². The smallest absolute Gasteiger partial charge is 0.407 e. The second-order valence-electron chi connectivity index (χ2n) is 11.3. The molecule has 0 spiro atoms. The lowest BCUT2D eigenvalue weighted by Gasteiger charge is -2.36. The van der Waals surface area contributed by atoms with Crippen LogP contribution in [0.1, 0.15) is 53.5 Å². The van der Waals surface area contributed by atoms with Crippen LogP contribution in [0.2, 0.25) is 18.1 Å². The normalized spacial score (nSPS) is 12.7. The Morgan fingerprint density at radius 2 is 1.65 bits per heavy atom. The van der Waals surface area contributed by atoms with Gasteiger partial charge in [0.25, 0.3) is 0 Å². The topological polar surface area (TPSA) is 77.8 Å². The molecule has 184 valence electrons. The van der Waals surface area contributed by atoms with Gasteiger partial charge in [-0.25, -0.2) is 9.59 Å². The van der Waals surface area contributed by atoms with E-state index in [2.05, 4.69) is 39.2 Å². The molecule has 0 radical (unpaired) electrons. The summed E-state index contributed by atoms with van der Waals surface area (Å²) >= 11 is 0. The summed E-state index contributed by atoms with van der Waals surface area (Å²) in [6.07, 6.45) is 1.04. The Morgan fingerprint density at radius 1 is 0.971 bits per heavy atom. The maximum Gasteiger partial charge on any atom is 0.407 e. The van der Waals surface area contributed by atoms with E-state index in [1.807, 2.05) is 57.2 Å². The van der Waals surface area contributed by atoms with Gasteiger partial charge in [0.1, 0.15) is 16.9 Å². The number of nitrogens with one attached hydrogen (secondary N) is 1. The molecule has 0 unspecified atom stereocenters. The molecule has 0 aliphatic rings. The zero-order valence-corrected chi connectivity index (χ0v) is 22.6. The first kappa shape index (κ1) is 25.8. The number of hydrogen-bond donors (Lipinski definition) is 1. The SMILES string of the molecule is CC(C)(C)OC(=O)NCCCc1ccc2c(c1)c(=O)oc1cc(O[Si](C)(C)C(C)(C)C)ccc12. The third-order valence-corrected chi connectivity index (χ3v) is 10.6. The predicted octanol–water partition coefficient (Wildman–Crippen LogP) is 6.79. The van der Waals surface area contributed by atoms with Crippen LogP contribution in [0.25, 0.3) is 21.7 Å². The molecular formula is C27H37NO5Si. The van der Waals surface area contributed by atoms with E-state index in [0.717, 1.165) is 34.9 Å². The van der Waals surface area contributed by atoms with E-state index in [1.54, 1.807) is 0 Å². The molecule has 34 heavy (non-hydrogen) atoms. The lowest BCUT2D eigenvalue weighted by Crippen LogP contribution is -2.43. The molecule has 3 rings (SSSR count). The van der Waals surface area contributed by atoms with Crippen molar-refractivity contribution < 1.29 is 18.4 Å². The number of benzene rings is 2. The molecule has 2 aromatic carbocycles. The van der Waals surface area contributed by atoms with E-state index in [9.17, 15) is 9.59 Å². The van der Waals surface area contributed by atoms with Gasteiger partial charge in [0.2, 0.25) is 8.32 Å². The van der Waals surface area contributed by atoms with Crippen molar-refractivity contribution in [3.63, 3.8) is 0 Å². The van der Waals surface area contributed by atoms with Crippen LogP contribution in [0.15, 0.2) is 45.6 Å². The first-order valence-electron chi connectivity index (χ1n) is 11.8. The largest absolute Gasteiger partial charge is 0.543 e. The highest BCUT2D eigenvalue weighted by atomic mass is 28.4. The Balaban J connectivity index is 1.76. The quantitative estimate of drug-likeness (QED) is 0.181. The molecule has 0 saturated carbocycles. The van der Waals surface area contributed by atoms with E-state index in [1.165, 1.54) is 0 Å². The monoisotopic (exact) mass is 483 g/mol. The van der Waals surface area contributed by atoms with E-state index in [4.69, 9.17) is 13.6 Å². The Kier molecular flexibility index (Phi) is 7.17. The molecule has 0 saturated heterocycles. The average molecular weight is 484 g/mol. The van der Waals surface area contributed by atoms with Gasteiger partial charge in [-0.2, -0.15) is 0 Å². The van der Waals surface area contributed by atoms with Crippen molar-refractivity contribution in [2.75, 3.05) is 6.54 Å². The zero-order chi connectivity index (χ0) is 25.3. The number of amides is 1. The second-order valence-corrected chi connectivity index (χ2v) is 16.0. The van der Waals surface area contributed by atoms with Gasteiger partial charge in [0.15, 0.2) is 0 Å². The molecule has 1 amide bonds. The minimum absolute atomic E-state index is 0.0744. The molecular weight excluding hydrogens is 446 g/mol. The Morgan fingerprint density at radius 3 is 2.29 bits per heavy atom. The summed E-state index contributed by atoms with van der Waals surface area (Å²) < 4.78 is 17.3. The van der Waals surface area contributed by atoms with Crippen LogP contribution >= 0.6 is 0 Å². The molecule has 0 bridgehead atoms. The highest BCUT2D eigenvalue weighted by Crippen LogP contribution is 2.38. The van der Waals surface area contributed by atoms with Crippen molar-refractivity contribution in [3.8, 4) is 5.75 Å². The number of alkyl carbamates (subject to hydrolysis) is 1. The number of ether oxygens (including phenoxy) is 1. The molecule has 1 heterocycles. The predicted molar refractivity (Wildman–Crippen MR) is 140 cm³/mol. The van der Waals surface area contributed by atoms with Gasteiger partial charge in [-0.05, 0) is 80.9 Å². The van der Waals surface area contributed by atoms with Crippen LogP contribution in [0, 0.1) is 0 Å².